The molecule has 0 spiro atoms. The highest BCUT2D eigenvalue weighted by atomic mass is 32.2. The van der Waals surface area contributed by atoms with Gasteiger partial charge in [-0.25, -0.2) is 4.79 Å². The minimum Gasteiger partial charge on any atom is -0.461 e. The Morgan fingerprint density at radius 1 is 1.03 bits per heavy atom. The van der Waals surface area contributed by atoms with Crippen LogP contribution >= 0.6 is 11.8 Å². The first-order chi connectivity index (χ1) is 15.6. The van der Waals surface area contributed by atoms with Gasteiger partial charge in [-0.15, -0.1) is 0 Å². The van der Waals surface area contributed by atoms with Gasteiger partial charge in [0.15, 0.2) is 5.78 Å². The number of ketones is 1. The van der Waals surface area contributed by atoms with Crippen LogP contribution in [0.25, 0.3) is 0 Å². The van der Waals surface area contributed by atoms with E-state index in [2.05, 4.69) is 24.4 Å². The van der Waals surface area contributed by atoms with Crippen LogP contribution < -0.4 is 5.32 Å². The second-order valence-corrected chi connectivity index (χ2v) is 9.57. The van der Waals surface area contributed by atoms with Gasteiger partial charge in [0.25, 0.3) is 0 Å². The molecule has 2 atom stereocenters. The van der Waals surface area contributed by atoms with Crippen molar-refractivity contribution in [2.45, 2.75) is 38.5 Å². The molecule has 0 aromatic heterocycles. The second kappa shape index (κ2) is 10.2. The number of hydrogen-bond donors (Lipinski definition) is 1. The summed E-state index contributed by atoms with van der Waals surface area (Å²) in [6.45, 7) is 4.36. The first-order valence-electron chi connectivity index (χ1n) is 11.2. The number of dihydropyridines is 1. The number of ether oxygens (including phenoxy) is 1. The van der Waals surface area contributed by atoms with Crippen molar-refractivity contribution in [1.29, 1.82) is 0 Å². The third-order valence-electron chi connectivity index (χ3n) is 6.12. The van der Waals surface area contributed by atoms with E-state index in [1.54, 1.807) is 11.8 Å². The topological polar surface area (TPSA) is 55.4 Å². The summed E-state index contributed by atoms with van der Waals surface area (Å²) >= 11 is 1.74. The first-order valence-corrected chi connectivity index (χ1v) is 12.3. The molecule has 2 aromatic rings. The van der Waals surface area contributed by atoms with Crippen molar-refractivity contribution in [3.8, 4) is 0 Å². The second-order valence-electron chi connectivity index (χ2n) is 8.17. The van der Waals surface area contributed by atoms with E-state index in [4.69, 9.17) is 4.74 Å². The predicted octanol–water partition coefficient (Wildman–Crippen LogP) is 5.34. The number of esters is 1. The SMILES string of the molecule is CCSCCOC(=O)C1=C(C)NC2=C(C(=O)C[C@@H](c3ccccc3)C2)[C@@H]1c1ccccc1. The van der Waals surface area contributed by atoms with Crippen LogP contribution in [0.15, 0.2) is 83.2 Å². The lowest BCUT2D eigenvalue weighted by Gasteiger charge is -2.36. The maximum absolute atomic E-state index is 13.5. The van der Waals surface area contributed by atoms with E-state index < -0.39 is 5.92 Å². The first kappa shape index (κ1) is 22.4. The van der Waals surface area contributed by atoms with Gasteiger partial charge in [-0.3, -0.25) is 4.79 Å². The Balaban J connectivity index is 1.69. The molecule has 32 heavy (non-hydrogen) atoms. The lowest BCUT2D eigenvalue weighted by atomic mass is 9.72. The van der Waals surface area contributed by atoms with Gasteiger partial charge in [-0.05, 0) is 36.1 Å². The molecule has 0 fully saturated rings. The van der Waals surface area contributed by atoms with Crippen molar-refractivity contribution in [3.63, 3.8) is 0 Å². The zero-order valence-corrected chi connectivity index (χ0v) is 19.4. The molecule has 166 valence electrons. The lowest BCUT2D eigenvalue weighted by Crippen LogP contribution is -2.36. The molecule has 4 nitrogen and oxygen atoms in total. The van der Waals surface area contributed by atoms with E-state index in [-0.39, 0.29) is 17.7 Å². The predicted molar refractivity (Wildman–Crippen MR) is 129 cm³/mol. The molecule has 0 amide bonds. The number of rotatable bonds is 7. The summed E-state index contributed by atoms with van der Waals surface area (Å²) in [6, 6.07) is 20.0. The summed E-state index contributed by atoms with van der Waals surface area (Å²) in [6.07, 6.45) is 1.20. The highest BCUT2D eigenvalue weighted by Crippen LogP contribution is 2.45. The monoisotopic (exact) mass is 447 g/mol. The Morgan fingerprint density at radius 3 is 2.34 bits per heavy atom. The van der Waals surface area contributed by atoms with Crippen LogP contribution in [-0.2, 0) is 14.3 Å². The highest BCUT2D eigenvalue weighted by Gasteiger charge is 2.41. The molecule has 4 rings (SSSR count). The standard InChI is InChI=1S/C27H29NO3S/c1-3-32-15-14-31-27(30)24-18(2)28-22-16-21(19-10-6-4-7-11-19)17-23(29)26(22)25(24)20-12-8-5-9-13-20/h4-13,21,25,28H,3,14-17H2,1-2H3/t21-,25+/m0/s1. The van der Waals surface area contributed by atoms with Gasteiger partial charge in [0.05, 0.1) is 5.57 Å². The Kier molecular flexibility index (Phi) is 7.15. The zero-order chi connectivity index (χ0) is 22.5. The molecule has 2 aromatic carbocycles. The molecule has 1 heterocycles. The van der Waals surface area contributed by atoms with E-state index in [0.29, 0.717) is 24.2 Å². The lowest BCUT2D eigenvalue weighted by molar-refractivity contribution is -0.138. The van der Waals surface area contributed by atoms with Gasteiger partial charge < -0.3 is 10.1 Å². The quantitative estimate of drug-likeness (QED) is 0.458. The molecule has 0 saturated carbocycles. The minimum atomic E-state index is -0.400. The minimum absolute atomic E-state index is 0.0980. The Labute approximate surface area is 194 Å². The van der Waals surface area contributed by atoms with E-state index in [9.17, 15) is 9.59 Å². The summed E-state index contributed by atoms with van der Waals surface area (Å²) in [5.41, 5.74) is 5.08. The number of benzene rings is 2. The van der Waals surface area contributed by atoms with Crippen molar-refractivity contribution in [3.05, 3.63) is 94.3 Å². The van der Waals surface area contributed by atoms with Gasteiger partial charge >= 0.3 is 5.97 Å². The van der Waals surface area contributed by atoms with E-state index in [1.165, 1.54) is 5.56 Å². The summed E-state index contributed by atoms with van der Waals surface area (Å²) in [5, 5.41) is 3.41. The largest absolute Gasteiger partial charge is 0.461 e. The molecular weight excluding hydrogens is 418 g/mol. The average molecular weight is 448 g/mol. The molecule has 1 aliphatic carbocycles. The number of carbonyl (C=O) groups is 2. The van der Waals surface area contributed by atoms with Crippen molar-refractivity contribution in [2.75, 3.05) is 18.1 Å². The summed E-state index contributed by atoms with van der Waals surface area (Å²) < 4.78 is 5.62. The fourth-order valence-electron chi connectivity index (χ4n) is 4.66. The van der Waals surface area contributed by atoms with Crippen LogP contribution in [0.1, 0.15) is 49.7 Å². The van der Waals surface area contributed by atoms with Crippen molar-refractivity contribution >= 4 is 23.5 Å². The highest BCUT2D eigenvalue weighted by molar-refractivity contribution is 7.99. The fourth-order valence-corrected chi connectivity index (χ4v) is 5.15. The Morgan fingerprint density at radius 2 is 1.69 bits per heavy atom. The maximum Gasteiger partial charge on any atom is 0.336 e. The molecule has 2 aliphatic rings. The average Bonchev–Trinajstić information content (AvgIpc) is 2.82. The number of carbonyl (C=O) groups excluding carboxylic acids is 2. The molecule has 0 bridgehead atoms. The third kappa shape index (κ3) is 4.68. The molecule has 0 saturated heterocycles. The Hall–Kier alpha value is -2.79. The molecule has 0 unspecified atom stereocenters. The van der Waals surface area contributed by atoms with Crippen LogP contribution in [0, 0.1) is 0 Å². The normalized spacial score (nSPS) is 20.6. The van der Waals surface area contributed by atoms with Crippen molar-refractivity contribution in [2.24, 2.45) is 0 Å². The van der Waals surface area contributed by atoms with Gasteiger partial charge in [0.2, 0.25) is 0 Å². The van der Waals surface area contributed by atoms with Crippen LogP contribution in [0.3, 0.4) is 0 Å². The number of hydrogen-bond acceptors (Lipinski definition) is 5. The fraction of sp³-hybridized carbons (Fsp3) is 0.333. The van der Waals surface area contributed by atoms with Crippen molar-refractivity contribution < 1.29 is 14.3 Å². The van der Waals surface area contributed by atoms with Gasteiger partial charge in [0, 0.05) is 35.1 Å². The summed E-state index contributed by atoms with van der Waals surface area (Å²) in [5.74, 6) is 1.25. The van der Waals surface area contributed by atoms with Crippen LogP contribution in [0.2, 0.25) is 0 Å². The van der Waals surface area contributed by atoms with Crippen LogP contribution in [0.5, 0.6) is 0 Å². The number of thioether (sulfide) groups is 1. The smallest absolute Gasteiger partial charge is 0.336 e. The molecule has 1 aliphatic heterocycles. The molecular formula is C27H29NO3S. The maximum atomic E-state index is 13.5. The van der Waals surface area contributed by atoms with E-state index in [0.717, 1.165) is 34.9 Å². The molecule has 0 radical (unpaired) electrons. The third-order valence-corrected chi connectivity index (χ3v) is 6.98. The summed E-state index contributed by atoms with van der Waals surface area (Å²) in [7, 11) is 0. The zero-order valence-electron chi connectivity index (χ0n) is 18.6. The summed E-state index contributed by atoms with van der Waals surface area (Å²) in [4.78, 5) is 26.7. The van der Waals surface area contributed by atoms with Gasteiger partial charge in [-0.2, -0.15) is 11.8 Å². The molecule has 1 N–H and O–H groups in total. The van der Waals surface area contributed by atoms with E-state index >= 15 is 0 Å². The van der Waals surface area contributed by atoms with Gasteiger partial charge in [-0.1, -0.05) is 67.6 Å². The number of allylic oxidation sites excluding steroid dienone is 3. The molecule has 5 heteroatoms. The number of Topliss-reactive ketones (excluding diaryl/α,β-unsaturated/α-hetero) is 1. The van der Waals surface area contributed by atoms with Gasteiger partial charge in [0.1, 0.15) is 6.61 Å². The van der Waals surface area contributed by atoms with E-state index in [1.807, 2.05) is 55.5 Å². The van der Waals surface area contributed by atoms with Crippen LogP contribution in [-0.4, -0.2) is 29.9 Å². The van der Waals surface area contributed by atoms with Crippen molar-refractivity contribution in [1.82, 2.24) is 5.32 Å². The Bertz CT molecular complexity index is 1040. The van der Waals surface area contributed by atoms with Crippen LogP contribution in [0.4, 0.5) is 0 Å². The number of nitrogens with one attached hydrogen (secondary N) is 1.